The van der Waals surface area contributed by atoms with Crippen molar-refractivity contribution in [2.24, 2.45) is 0 Å². The number of carbonyl (C=O) groups excluding carboxylic acids is 1. The lowest BCUT2D eigenvalue weighted by atomic mass is 9.95. The highest BCUT2D eigenvalue weighted by molar-refractivity contribution is 7.81. The Labute approximate surface area is 228 Å². The quantitative estimate of drug-likeness (QED) is 0.344. The fourth-order valence-electron chi connectivity index (χ4n) is 5.72. The van der Waals surface area contributed by atoms with Crippen molar-refractivity contribution >= 4 is 22.3 Å². The molecule has 0 saturated carbocycles. The van der Waals surface area contributed by atoms with Gasteiger partial charge in [0.2, 0.25) is 0 Å². The molecule has 8 nitrogen and oxygen atoms in total. The molecule has 1 heterocycles. The fraction of sp³-hybridized carbons (Fsp3) is 0.345. The number of hydrogen-bond donors (Lipinski definition) is 1. The van der Waals surface area contributed by atoms with Gasteiger partial charge in [-0.05, 0) is 59.7 Å². The summed E-state index contributed by atoms with van der Waals surface area (Å²) in [6.07, 6.45) is -0.340. The Hall–Kier alpha value is -3.63. The van der Waals surface area contributed by atoms with Crippen LogP contribution in [0.1, 0.15) is 39.3 Å². The Morgan fingerprint density at radius 2 is 1.49 bits per heavy atom. The number of nitrogen functional groups attached to an aromatic ring is 1. The number of amides is 1. The lowest BCUT2D eigenvalue weighted by molar-refractivity contribution is 0.0727. The van der Waals surface area contributed by atoms with Crippen LogP contribution in [0.5, 0.6) is 5.75 Å². The summed E-state index contributed by atoms with van der Waals surface area (Å²) >= 11 is 0. The third kappa shape index (κ3) is 5.31. The van der Waals surface area contributed by atoms with Gasteiger partial charge in [-0.1, -0.05) is 52.4 Å². The molecule has 2 aliphatic rings. The molecule has 1 saturated heterocycles. The number of ether oxygens (including phenoxy) is 1. The van der Waals surface area contributed by atoms with Crippen molar-refractivity contribution in [3.8, 4) is 16.9 Å². The highest BCUT2D eigenvalue weighted by atomic mass is 32.3. The van der Waals surface area contributed by atoms with Crippen molar-refractivity contribution in [3.05, 3.63) is 81.9 Å². The highest BCUT2D eigenvalue weighted by Gasteiger charge is 2.31. The molecular formula is C29H32FN3O5S. The Morgan fingerprint density at radius 3 is 2.05 bits per heavy atom. The van der Waals surface area contributed by atoms with Gasteiger partial charge in [-0.25, -0.2) is 4.79 Å². The number of nitrogens with two attached hydrogens (primary N) is 1. The van der Waals surface area contributed by atoms with Gasteiger partial charge in [0.05, 0.1) is 0 Å². The Bertz CT molecular complexity index is 1490. The van der Waals surface area contributed by atoms with Crippen LogP contribution in [-0.2, 0) is 21.8 Å². The molecule has 2 N–H and O–H groups in total. The minimum atomic E-state index is -5.19. The molecule has 0 atom stereocenters. The second-order valence-corrected chi connectivity index (χ2v) is 11.1. The van der Waals surface area contributed by atoms with Gasteiger partial charge in [-0.2, -0.15) is 8.42 Å². The molecule has 0 radical (unpaired) electrons. The Morgan fingerprint density at radius 1 is 0.923 bits per heavy atom. The zero-order chi connectivity index (χ0) is 27.9. The normalized spacial score (nSPS) is 15.6. The molecule has 0 unspecified atom stereocenters. The minimum Gasteiger partial charge on any atom is -0.448 e. The third-order valence-corrected chi connectivity index (χ3v) is 8.29. The van der Waals surface area contributed by atoms with Crippen LogP contribution in [0.2, 0.25) is 0 Å². The average molecular weight is 554 g/mol. The van der Waals surface area contributed by atoms with E-state index in [1.54, 1.807) is 18.7 Å². The van der Waals surface area contributed by atoms with Crippen LogP contribution in [0.4, 0.5) is 14.4 Å². The second-order valence-electron chi connectivity index (χ2n) is 10.1. The van der Waals surface area contributed by atoms with Crippen molar-refractivity contribution in [2.75, 3.05) is 38.5 Å². The predicted molar refractivity (Wildman–Crippen MR) is 148 cm³/mol. The molecule has 0 aromatic heterocycles. The molecule has 0 spiro atoms. The van der Waals surface area contributed by atoms with Gasteiger partial charge in [0.15, 0.2) is 5.75 Å². The van der Waals surface area contributed by atoms with E-state index in [0.29, 0.717) is 49.5 Å². The van der Waals surface area contributed by atoms with Gasteiger partial charge in [-0.3, -0.25) is 4.90 Å². The number of benzene rings is 3. The fourth-order valence-corrected chi connectivity index (χ4v) is 6.17. The van der Waals surface area contributed by atoms with E-state index in [0.717, 1.165) is 11.1 Å². The topological polar surface area (TPSA) is 102 Å². The number of rotatable bonds is 6. The van der Waals surface area contributed by atoms with E-state index in [1.165, 1.54) is 22.3 Å². The molecule has 5 rings (SSSR count). The van der Waals surface area contributed by atoms with E-state index < -0.39 is 10.5 Å². The van der Waals surface area contributed by atoms with Gasteiger partial charge in [0.1, 0.15) is 6.61 Å². The zero-order valence-corrected chi connectivity index (χ0v) is 23.1. The van der Waals surface area contributed by atoms with E-state index in [4.69, 9.17) is 10.5 Å². The maximum Gasteiger partial charge on any atom is 0.488 e. The first kappa shape index (κ1) is 27.0. The van der Waals surface area contributed by atoms with Crippen molar-refractivity contribution in [2.45, 2.75) is 33.2 Å². The van der Waals surface area contributed by atoms with E-state index in [1.807, 2.05) is 31.2 Å². The van der Waals surface area contributed by atoms with Gasteiger partial charge in [-0.15, -0.1) is 0 Å². The predicted octanol–water partition coefficient (Wildman–Crippen LogP) is 4.85. The first-order valence-electron chi connectivity index (χ1n) is 12.9. The van der Waals surface area contributed by atoms with Crippen LogP contribution in [0, 0.1) is 20.8 Å². The van der Waals surface area contributed by atoms with E-state index in [2.05, 4.69) is 33.3 Å². The van der Waals surface area contributed by atoms with Crippen LogP contribution in [-0.4, -0.2) is 57.1 Å². The molecule has 0 bridgehead atoms. The standard InChI is InChI=1S/C29H32FN3O5S/c1-18-25(19(2)28(20(3)27(18)31)38-39(30,35)36)16-32-12-14-33(15-13-32)29(34)37-17-26-23-10-6-4-8-21(23)22-9-5-7-11-24(22)26/h4-11,26H,12-17,31H2,1-3H3. The maximum absolute atomic E-state index is 13.3. The molecule has 3 aromatic rings. The first-order valence-corrected chi connectivity index (χ1v) is 14.2. The first-order chi connectivity index (χ1) is 18.5. The number of fused-ring (bicyclic) bond motifs is 3. The molecule has 10 heteroatoms. The van der Waals surface area contributed by atoms with Crippen LogP contribution in [0.15, 0.2) is 48.5 Å². The van der Waals surface area contributed by atoms with Crippen LogP contribution in [0.3, 0.4) is 0 Å². The summed E-state index contributed by atoms with van der Waals surface area (Å²) < 4.78 is 46.1. The number of carbonyl (C=O) groups is 1. The van der Waals surface area contributed by atoms with E-state index >= 15 is 0 Å². The number of hydrogen-bond acceptors (Lipinski definition) is 7. The summed E-state index contributed by atoms with van der Waals surface area (Å²) in [5.74, 6) is -0.0713. The van der Waals surface area contributed by atoms with Crippen LogP contribution in [0.25, 0.3) is 11.1 Å². The number of nitrogens with zero attached hydrogens (tertiary/aromatic N) is 2. The van der Waals surface area contributed by atoms with Crippen molar-refractivity contribution in [1.82, 2.24) is 9.80 Å². The molecule has 206 valence electrons. The van der Waals surface area contributed by atoms with Crippen molar-refractivity contribution < 1.29 is 26.0 Å². The summed E-state index contributed by atoms with van der Waals surface area (Å²) in [5, 5.41) is 0. The summed E-state index contributed by atoms with van der Waals surface area (Å²) in [5.41, 5.74) is 13.8. The monoisotopic (exact) mass is 553 g/mol. The molecule has 3 aromatic carbocycles. The summed E-state index contributed by atoms with van der Waals surface area (Å²) in [6, 6.07) is 16.5. The lowest BCUT2D eigenvalue weighted by Gasteiger charge is -2.35. The molecular weight excluding hydrogens is 521 g/mol. The molecule has 1 aliphatic heterocycles. The molecule has 39 heavy (non-hydrogen) atoms. The number of halogens is 1. The molecule has 1 fully saturated rings. The third-order valence-electron chi connectivity index (χ3n) is 7.93. The van der Waals surface area contributed by atoms with E-state index in [9.17, 15) is 17.1 Å². The largest absolute Gasteiger partial charge is 0.488 e. The minimum absolute atomic E-state index is 0.00475. The summed E-state index contributed by atoms with van der Waals surface area (Å²) in [4.78, 5) is 16.8. The van der Waals surface area contributed by atoms with Gasteiger partial charge in [0.25, 0.3) is 0 Å². The van der Waals surface area contributed by atoms with Crippen LogP contribution < -0.4 is 9.92 Å². The number of piperazine rings is 1. The zero-order valence-electron chi connectivity index (χ0n) is 22.2. The highest BCUT2D eigenvalue weighted by Crippen LogP contribution is 2.44. The average Bonchev–Trinajstić information content (AvgIpc) is 3.24. The van der Waals surface area contributed by atoms with Crippen molar-refractivity contribution in [1.29, 1.82) is 0 Å². The summed E-state index contributed by atoms with van der Waals surface area (Å²) in [7, 11) is -5.19. The SMILES string of the molecule is Cc1c(N)c(C)c(OS(=O)(=O)F)c(C)c1CN1CCN(C(=O)OCC2c3ccccc3-c3ccccc32)CC1. The van der Waals surface area contributed by atoms with Crippen molar-refractivity contribution in [3.63, 3.8) is 0 Å². The second kappa shape index (κ2) is 10.5. The Kier molecular flexibility index (Phi) is 7.26. The van der Waals surface area contributed by atoms with Gasteiger partial charge < -0.3 is 19.6 Å². The lowest BCUT2D eigenvalue weighted by Crippen LogP contribution is -2.48. The molecule has 1 amide bonds. The number of anilines is 1. The summed E-state index contributed by atoms with van der Waals surface area (Å²) in [6.45, 7) is 8.04. The maximum atomic E-state index is 13.3. The van der Waals surface area contributed by atoms with E-state index in [-0.39, 0.29) is 24.4 Å². The van der Waals surface area contributed by atoms with Gasteiger partial charge >= 0.3 is 16.6 Å². The Balaban J connectivity index is 1.22. The van der Waals surface area contributed by atoms with Gasteiger partial charge in [0, 0.05) is 49.9 Å². The smallest absolute Gasteiger partial charge is 0.448 e. The van der Waals surface area contributed by atoms with Crippen LogP contribution >= 0.6 is 0 Å². The molecule has 1 aliphatic carbocycles.